The van der Waals surface area contributed by atoms with Gasteiger partial charge in [-0.3, -0.25) is 0 Å². The van der Waals surface area contributed by atoms with Gasteiger partial charge in [-0.25, -0.2) is 0 Å². The number of H-pyrrole nitrogens is 1. The van der Waals surface area contributed by atoms with E-state index < -0.39 is 0 Å². The van der Waals surface area contributed by atoms with E-state index in [-0.39, 0.29) is 0 Å². The highest BCUT2D eigenvalue weighted by Crippen LogP contribution is 2.18. The molecule has 2 nitrogen and oxygen atoms in total. The first-order valence-electron chi connectivity index (χ1n) is 4.15. The van der Waals surface area contributed by atoms with E-state index in [0.29, 0.717) is 0 Å². The van der Waals surface area contributed by atoms with Gasteiger partial charge in [-0.15, -0.1) is 0 Å². The predicted octanol–water partition coefficient (Wildman–Crippen LogP) is 2.83. The average molecular weight is 170 g/mol. The second-order valence-corrected chi connectivity index (χ2v) is 2.82. The van der Waals surface area contributed by atoms with Crippen LogP contribution in [0.3, 0.4) is 0 Å². The Kier molecular flexibility index (Phi) is 1.96. The fourth-order valence-corrected chi connectivity index (χ4v) is 1.38. The number of fused-ring (bicyclic) bond motifs is 1. The van der Waals surface area contributed by atoms with Gasteiger partial charge >= 0.3 is 0 Å². The summed E-state index contributed by atoms with van der Waals surface area (Å²) in [5, 5.41) is 8.09. The number of benzene rings is 1. The highest BCUT2D eigenvalue weighted by molar-refractivity contribution is 5.91. The Balaban J connectivity index is 2.57. The van der Waals surface area contributed by atoms with E-state index in [1.165, 1.54) is 11.6 Å². The van der Waals surface area contributed by atoms with E-state index >= 15 is 0 Å². The molecule has 2 aromatic rings. The number of rotatable bonds is 2. The number of hydrogen-bond donors (Lipinski definition) is 2. The van der Waals surface area contributed by atoms with Crippen LogP contribution in [-0.4, -0.2) is 11.2 Å². The second-order valence-electron chi connectivity index (χ2n) is 2.82. The number of nitrogens with one attached hydrogen (secondary N) is 2. The van der Waals surface area contributed by atoms with Gasteiger partial charge in [0.05, 0.1) is 0 Å². The van der Waals surface area contributed by atoms with Crippen LogP contribution in [0.4, 0.5) is 0 Å². The summed E-state index contributed by atoms with van der Waals surface area (Å²) in [5.41, 5.74) is 2.26. The van der Waals surface area contributed by atoms with Gasteiger partial charge in [-0.2, -0.15) is 0 Å². The van der Waals surface area contributed by atoms with Crippen LogP contribution in [0.2, 0.25) is 0 Å². The summed E-state index contributed by atoms with van der Waals surface area (Å²) in [7, 11) is 0. The van der Waals surface area contributed by atoms with Crippen molar-refractivity contribution in [2.45, 2.75) is 0 Å². The summed E-state index contributed by atoms with van der Waals surface area (Å²) in [6, 6.07) is 8.12. The number of para-hydroxylation sites is 1. The Bertz CT molecular complexity index is 452. The Morgan fingerprint density at radius 2 is 2.08 bits per heavy atom. The highest BCUT2D eigenvalue weighted by Gasteiger charge is 1.97. The Morgan fingerprint density at radius 1 is 1.23 bits per heavy atom. The number of aromatic amines is 1. The summed E-state index contributed by atoms with van der Waals surface area (Å²) >= 11 is 0. The molecule has 2 heteroatoms. The monoisotopic (exact) mass is 170 g/mol. The van der Waals surface area contributed by atoms with E-state index in [1.807, 2.05) is 30.5 Å². The maximum absolute atomic E-state index is 6.89. The average Bonchev–Trinajstić information content (AvgIpc) is 2.58. The fourth-order valence-electron chi connectivity index (χ4n) is 1.38. The van der Waals surface area contributed by atoms with Gasteiger partial charge in [-0.1, -0.05) is 24.3 Å². The number of hydrogen-bond acceptors (Lipinski definition) is 1. The molecule has 0 radical (unpaired) electrons. The topological polar surface area (TPSA) is 39.6 Å². The zero-order chi connectivity index (χ0) is 9.10. The van der Waals surface area contributed by atoms with Crippen molar-refractivity contribution in [3.05, 3.63) is 42.1 Å². The molecule has 0 saturated heterocycles. The van der Waals surface area contributed by atoms with Gasteiger partial charge in [0, 0.05) is 23.3 Å². The normalized spacial score (nSPS) is 11.1. The summed E-state index contributed by atoms with van der Waals surface area (Å²) in [4.78, 5) is 3.17. The van der Waals surface area contributed by atoms with E-state index in [0.717, 1.165) is 11.1 Å². The van der Waals surface area contributed by atoms with Crippen LogP contribution in [0.5, 0.6) is 0 Å². The van der Waals surface area contributed by atoms with Crippen molar-refractivity contribution in [2.75, 3.05) is 0 Å². The lowest BCUT2D eigenvalue weighted by atomic mass is 10.2. The van der Waals surface area contributed by atoms with Crippen molar-refractivity contribution in [2.24, 2.45) is 0 Å². The van der Waals surface area contributed by atoms with E-state index in [1.54, 1.807) is 6.08 Å². The molecule has 2 rings (SSSR count). The van der Waals surface area contributed by atoms with Crippen LogP contribution in [0.25, 0.3) is 17.0 Å². The van der Waals surface area contributed by atoms with Gasteiger partial charge in [0.25, 0.3) is 0 Å². The minimum atomic E-state index is 1.12. The van der Waals surface area contributed by atoms with Crippen LogP contribution >= 0.6 is 0 Å². The predicted molar refractivity (Wildman–Crippen MR) is 56.1 cm³/mol. The number of allylic oxidation sites excluding steroid dienone is 1. The number of aromatic nitrogens is 1. The van der Waals surface area contributed by atoms with E-state index in [4.69, 9.17) is 5.41 Å². The van der Waals surface area contributed by atoms with Gasteiger partial charge in [0.1, 0.15) is 0 Å². The molecule has 0 unspecified atom stereocenters. The van der Waals surface area contributed by atoms with Crippen LogP contribution in [-0.2, 0) is 0 Å². The molecule has 1 aromatic heterocycles. The van der Waals surface area contributed by atoms with Gasteiger partial charge in [-0.05, 0) is 17.7 Å². The third-order valence-electron chi connectivity index (χ3n) is 1.99. The molecule has 13 heavy (non-hydrogen) atoms. The molecule has 0 aliphatic heterocycles. The lowest BCUT2D eigenvalue weighted by molar-refractivity contribution is 1.47. The summed E-state index contributed by atoms with van der Waals surface area (Å²) in [5.74, 6) is 0. The molecule has 0 spiro atoms. The minimum Gasteiger partial charge on any atom is -0.361 e. The van der Waals surface area contributed by atoms with Crippen molar-refractivity contribution < 1.29 is 0 Å². The molecule has 0 fully saturated rings. The molecule has 0 aliphatic rings. The lowest BCUT2D eigenvalue weighted by Gasteiger charge is -1.88. The first-order chi connectivity index (χ1) is 6.42. The maximum atomic E-state index is 6.89. The van der Waals surface area contributed by atoms with Gasteiger partial charge < -0.3 is 10.4 Å². The molecule has 1 aromatic carbocycles. The lowest BCUT2D eigenvalue weighted by Crippen LogP contribution is -1.67. The summed E-state index contributed by atoms with van der Waals surface area (Å²) in [6.45, 7) is 0. The fraction of sp³-hybridized carbons (Fsp3) is 0. The van der Waals surface area contributed by atoms with Crippen LogP contribution < -0.4 is 0 Å². The van der Waals surface area contributed by atoms with Crippen molar-refractivity contribution >= 4 is 23.2 Å². The molecule has 0 saturated carbocycles. The maximum Gasteiger partial charge on any atom is 0.0460 e. The largest absolute Gasteiger partial charge is 0.361 e. The van der Waals surface area contributed by atoms with Crippen molar-refractivity contribution in [3.8, 4) is 0 Å². The third kappa shape index (κ3) is 1.38. The highest BCUT2D eigenvalue weighted by atomic mass is 14.7. The van der Waals surface area contributed by atoms with Crippen molar-refractivity contribution in [3.63, 3.8) is 0 Å². The molecule has 1 heterocycles. The molecule has 0 atom stereocenters. The zero-order valence-corrected chi connectivity index (χ0v) is 7.12. The van der Waals surface area contributed by atoms with Crippen molar-refractivity contribution in [1.29, 1.82) is 5.41 Å². The quantitative estimate of drug-likeness (QED) is 0.650. The summed E-state index contributed by atoms with van der Waals surface area (Å²) in [6.07, 6.45) is 6.87. The third-order valence-corrected chi connectivity index (χ3v) is 1.99. The second kappa shape index (κ2) is 3.27. The molecule has 0 aliphatic carbocycles. The van der Waals surface area contributed by atoms with Crippen LogP contribution in [0.15, 0.2) is 36.5 Å². The Labute approximate surface area is 76.4 Å². The Morgan fingerprint density at radius 3 is 2.92 bits per heavy atom. The van der Waals surface area contributed by atoms with Gasteiger partial charge in [0.2, 0.25) is 0 Å². The van der Waals surface area contributed by atoms with E-state index in [2.05, 4.69) is 11.1 Å². The first-order valence-corrected chi connectivity index (χ1v) is 4.15. The minimum absolute atomic E-state index is 1.12. The summed E-state index contributed by atoms with van der Waals surface area (Å²) < 4.78 is 0. The SMILES string of the molecule is N=CC=Cc1c[nH]c2ccccc12. The molecule has 2 N–H and O–H groups in total. The van der Waals surface area contributed by atoms with Gasteiger partial charge in [0.15, 0.2) is 0 Å². The zero-order valence-electron chi connectivity index (χ0n) is 7.12. The smallest absolute Gasteiger partial charge is 0.0460 e. The standard InChI is InChI=1S/C11H10N2/c12-7-3-4-9-8-13-11-6-2-1-5-10(9)11/h1-8,12-13H. The van der Waals surface area contributed by atoms with Crippen molar-refractivity contribution in [1.82, 2.24) is 4.98 Å². The molecule has 64 valence electrons. The molecular weight excluding hydrogens is 160 g/mol. The van der Waals surface area contributed by atoms with Crippen LogP contribution in [0, 0.1) is 5.41 Å². The Hall–Kier alpha value is -1.83. The molecular formula is C11H10N2. The van der Waals surface area contributed by atoms with E-state index in [9.17, 15) is 0 Å². The first kappa shape index (κ1) is 7.80. The molecule has 0 bridgehead atoms. The molecule has 0 amide bonds. The van der Waals surface area contributed by atoms with Crippen LogP contribution in [0.1, 0.15) is 5.56 Å².